The average molecular weight is 530 g/mol. The topological polar surface area (TPSA) is 63.6 Å². The van der Waals surface area contributed by atoms with Crippen LogP contribution in [0.4, 0.5) is 0 Å². The van der Waals surface area contributed by atoms with Crippen molar-refractivity contribution in [2.24, 2.45) is 0 Å². The molecule has 0 atom stereocenters. The lowest BCUT2D eigenvalue weighted by Gasteiger charge is -2.07. The van der Waals surface area contributed by atoms with Crippen LogP contribution in [-0.2, 0) is 27.2 Å². The zero-order valence-electron chi connectivity index (χ0n) is 14.1. The summed E-state index contributed by atoms with van der Waals surface area (Å²) < 4.78 is 6.62. The number of halogens is 2. The van der Waals surface area contributed by atoms with Crippen LogP contribution in [0.25, 0.3) is 20.9 Å². The van der Waals surface area contributed by atoms with Gasteiger partial charge in [-0.3, -0.25) is 9.59 Å². The molecule has 0 radical (unpaired) electrons. The zero-order chi connectivity index (χ0) is 19.6. The Morgan fingerprint density at radius 3 is 1.96 bits per heavy atom. The zero-order valence-corrected chi connectivity index (χ0v) is 18.9. The standard InChI is InChI=1S/C19H14Br2O4S2/c1-25-17(24)9-13-7-15(21)27-19(13)11-4-2-3-10(5-11)18-12(8-16(22)23)6-14(20)26-18/h2-7H,8-9H2,1H3,(H,22,23). The van der Waals surface area contributed by atoms with E-state index >= 15 is 0 Å². The highest BCUT2D eigenvalue weighted by Crippen LogP contribution is 2.40. The average Bonchev–Trinajstić information content (AvgIpc) is 3.16. The Morgan fingerprint density at radius 2 is 1.48 bits per heavy atom. The van der Waals surface area contributed by atoms with E-state index in [-0.39, 0.29) is 18.8 Å². The number of carboxylic acid groups (broad SMARTS) is 1. The lowest BCUT2D eigenvalue weighted by molar-refractivity contribution is -0.140. The Morgan fingerprint density at radius 1 is 0.963 bits per heavy atom. The molecule has 8 heteroatoms. The molecule has 0 aliphatic carbocycles. The van der Waals surface area contributed by atoms with Gasteiger partial charge in [-0.2, -0.15) is 0 Å². The SMILES string of the molecule is COC(=O)Cc1cc(Br)sc1-c1cccc(-c2sc(Br)cc2CC(=O)O)c1. The first-order valence-corrected chi connectivity index (χ1v) is 11.0. The molecule has 140 valence electrons. The van der Waals surface area contributed by atoms with E-state index in [9.17, 15) is 9.59 Å². The number of esters is 1. The van der Waals surface area contributed by atoms with E-state index in [1.165, 1.54) is 18.4 Å². The van der Waals surface area contributed by atoms with Crippen molar-refractivity contribution in [1.82, 2.24) is 0 Å². The largest absolute Gasteiger partial charge is 0.481 e. The van der Waals surface area contributed by atoms with Crippen LogP contribution in [0.15, 0.2) is 44.0 Å². The number of carbonyl (C=O) groups is 2. The summed E-state index contributed by atoms with van der Waals surface area (Å²) in [4.78, 5) is 24.8. The number of ether oxygens (including phenoxy) is 1. The molecule has 0 fully saturated rings. The maximum Gasteiger partial charge on any atom is 0.310 e. The molecule has 0 spiro atoms. The lowest BCUT2D eigenvalue weighted by atomic mass is 10.0. The van der Waals surface area contributed by atoms with Crippen molar-refractivity contribution in [3.8, 4) is 20.9 Å². The van der Waals surface area contributed by atoms with Crippen molar-refractivity contribution < 1.29 is 19.4 Å². The van der Waals surface area contributed by atoms with Crippen LogP contribution in [0.1, 0.15) is 11.1 Å². The summed E-state index contributed by atoms with van der Waals surface area (Å²) in [5, 5.41) is 9.17. The highest BCUT2D eigenvalue weighted by molar-refractivity contribution is 9.11. The van der Waals surface area contributed by atoms with Crippen LogP contribution in [0.5, 0.6) is 0 Å². The van der Waals surface area contributed by atoms with Gasteiger partial charge in [0.15, 0.2) is 0 Å². The molecule has 0 saturated carbocycles. The van der Waals surface area contributed by atoms with Crippen molar-refractivity contribution in [2.45, 2.75) is 12.8 Å². The molecule has 0 unspecified atom stereocenters. The Bertz CT molecular complexity index is 1010. The Balaban J connectivity index is 2.03. The number of hydrogen-bond donors (Lipinski definition) is 1. The van der Waals surface area contributed by atoms with Crippen molar-refractivity contribution in [3.05, 3.63) is 55.1 Å². The highest BCUT2D eigenvalue weighted by atomic mass is 79.9. The Labute approximate surface area is 181 Å². The smallest absolute Gasteiger partial charge is 0.310 e. The van der Waals surface area contributed by atoms with E-state index < -0.39 is 5.97 Å². The second-order valence-electron chi connectivity index (χ2n) is 5.71. The summed E-state index contributed by atoms with van der Waals surface area (Å²) >= 11 is 10.0. The molecule has 2 heterocycles. The molecule has 1 aromatic carbocycles. The van der Waals surface area contributed by atoms with E-state index in [1.807, 2.05) is 36.4 Å². The molecule has 1 N–H and O–H groups in total. The van der Waals surface area contributed by atoms with Gasteiger partial charge in [-0.25, -0.2) is 0 Å². The predicted molar refractivity (Wildman–Crippen MR) is 116 cm³/mol. The first-order chi connectivity index (χ1) is 12.9. The summed E-state index contributed by atoms with van der Waals surface area (Å²) in [5.74, 6) is -1.15. The first kappa shape index (κ1) is 20.3. The van der Waals surface area contributed by atoms with Gasteiger partial charge in [0.25, 0.3) is 0 Å². The minimum atomic E-state index is -0.861. The van der Waals surface area contributed by atoms with E-state index in [1.54, 1.807) is 11.3 Å². The Hall–Kier alpha value is -1.48. The molecule has 3 rings (SSSR count). The first-order valence-electron chi connectivity index (χ1n) is 7.83. The van der Waals surface area contributed by atoms with Crippen LogP contribution < -0.4 is 0 Å². The fraction of sp³-hybridized carbons (Fsp3) is 0.158. The van der Waals surface area contributed by atoms with Gasteiger partial charge in [-0.05, 0) is 72.3 Å². The summed E-state index contributed by atoms with van der Waals surface area (Å²) in [7, 11) is 1.38. The number of aliphatic carboxylic acids is 1. The summed E-state index contributed by atoms with van der Waals surface area (Å²) in [6, 6.07) is 11.7. The number of hydrogen-bond acceptors (Lipinski definition) is 5. The van der Waals surface area contributed by atoms with Crippen LogP contribution in [0, 0.1) is 0 Å². The third-order valence-corrected chi connectivity index (χ3v) is 7.31. The highest BCUT2D eigenvalue weighted by Gasteiger charge is 2.17. The molecule has 4 nitrogen and oxygen atoms in total. The van der Waals surface area contributed by atoms with Gasteiger partial charge in [0, 0.05) is 9.75 Å². The number of thiophene rings is 2. The quantitative estimate of drug-likeness (QED) is 0.397. The maximum absolute atomic E-state index is 11.7. The number of methoxy groups -OCH3 is 1. The van der Waals surface area contributed by atoms with E-state index in [4.69, 9.17) is 9.84 Å². The van der Waals surface area contributed by atoms with Gasteiger partial charge in [-0.1, -0.05) is 18.2 Å². The van der Waals surface area contributed by atoms with Crippen molar-refractivity contribution in [3.63, 3.8) is 0 Å². The van der Waals surface area contributed by atoms with Crippen LogP contribution in [0.2, 0.25) is 0 Å². The molecule has 3 aromatic rings. The molecular formula is C19H14Br2O4S2. The maximum atomic E-state index is 11.7. The molecular weight excluding hydrogens is 516 g/mol. The van der Waals surface area contributed by atoms with E-state index in [0.29, 0.717) is 0 Å². The number of rotatable bonds is 6. The fourth-order valence-electron chi connectivity index (χ4n) is 2.73. The van der Waals surface area contributed by atoms with Gasteiger partial charge in [0.05, 0.1) is 27.5 Å². The third kappa shape index (κ3) is 4.87. The van der Waals surface area contributed by atoms with Crippen LogP contribution >= 0.6 is 54.5 Å². The monoisotopic (exact) mass is 528 g/mol. The minimum Gasteiger partial charge on any atom is -0.481 e. The van der Waals surface area contributed by atoms with Crippen LogP contribution in [0.3, 0.4) is 0 Å². The van der Waals surface area contributed by atoms with Crippen molar-refractivity contribution in [1.29, 1.82) is 0 Å². The number of benzene rings is 1. The molecule has 0 saturated heterocycles. The molecule has 0 aliphatic heterocycles. The van der Waals surface area contributed by atoms with Crippen molar-refractivity contribution >= 4 is 66.5 Å². The Kier molecular flexibility index (Phi) is 6.52. The number of carbonyl (C=O) groups excluding carboxylic acids is 1. The third-order valence-electron chi connectivity index (χ3n) is 3.85. The van der Waals surface area contributed by atoms with Gasteiger partial charge in [0.2, 0.25) is 0 Å². The van der Waals surface area contributed by atoms with Gasteiger partial charge in [-0.15, -0.1) is 22.7 Å². The predicted octanol–water partition coefficient (Wildman–Crippen LogP) is 6.01. The molecule has 0 amide bonds. The summed E-state index contributed by atoms with van der Waals surface area (Å²) in [5.41, 5.74) is 3.61. The molecule has 2 aromatic heterocycles. The normalized spacial score (nSPS) is 10.8. The fourth-order valence-corrected chi connectivity index (χ4v) is 6.06. The second-order valence-corrected chi connectivity index (χ2v) is 10.6. The van der Waals surface area contributed by atoms with Gasteiger partial charge >= 0.3 is 11.9 Å². The molecule has 0 aliphatic rings. The van der Waals surface area contributed by atoms with Crippen LogP contribution in [-0.4, -0.2) is 24.2 Å². The molecule has 0 bridgehead atoms. The summed E-state index contributed by atoms with van der Waals surface area (Å²) in [6.45, 7) is 0. The second kappa shape index (κ2) is 8.68. The lowest BCUT2D eigenvalue weighted by Crippen LogP contribution is -2.04. The van der Waals surface area contributed by atoms with E-state index in [0.717, 1.165) is 39.6 Å². The van der Waals surface area contributed by atoms with Crippen molar-refractivity contribution in [2.75, 3.05) is 7.11 Å². The number of carboxylic acids is 1. The van der Waals surface area contributed by atoms with Gasteiger partial charge in [0.1, 0.15) is 0 Å². The van der Waals surface area contributed by atoms with Gasteiger partial charge < -0.3 is 9.84 Å². The summed E-state index contributed by atoms with van der Waals surface area (Å²) in [6.07, 6.45) is 0.173. The molecule has 27 heavy (non-hydrogen) atoms. The van der Waals surface area contributed by atoms with E-state index in [2.05, 4.69) is 31.9 Å². The minimum absolute atomic E-state index is 0.0280.